The van der Waals surface area contributed by atoms with E-state index in [0.29, 0.717) is 6.61 Å². The SMILES string of the molecule is CC#CCCCCCCCCCCCCCCCO. The smallest absolute Gasteiger partial charge is 0.0431 e. The van der Waals surface area contributed by atoms with E-state index in [1.54, 1.807) is 0 Å². The molecule has 0 aromatic carbocycles. The molecule has 0 heterocycles. The van der Waals surface area contributed by atoms with Crippen LogP contribution in [0.1, 0.15) is 96.8 Å². The molecule has 112 valence electrons. The largest absolute Gasteiger partial charge is 0.396 e. The summed E-state index contributed by atoms with van der Waals surface area (Å²) in [7, 11) is 0. The van der Waals surface area contributed by atoms with Crippen molar-refractivity contribution in [3.05, 3.63) is 0 Å². The van der Waals surface area contributed by atoms with Crippen LogP contribution in [-0.2, 0) is 0 Å². The third-order valence-electron chi connectivity index (χ3n) is 3.64. The molecule has 0 aliphatic heterocycles. The fourth-order valence-electron chi connectivity index (χ4n) is 2.39. The fraction of sp³-hybridized carbons (Fsp3) is 0.889. The van der Waals surface area contributed by atoms with E-state index in [1.165, 1.54) is 77.0 Å². The van der Waals surface area contributed by atoms with Crippen molar-refractivity contribution in [2.45, 2.75) is 96.8 Å². The summed E-state index contributed by atoms with van der Waals surface area (Å²) in [5, 5.41) is 8.66. The highest BCUT2D eigenvalue weighted by atomic mass is 16.2. The van der Waals surface area contributed by atoms with Gasteiger partial charge in [0.25, 0.3) is 0 Å². The Morgan fingerprint density at radius 3 is 1.32 bits per heavy atom. The number of rotatable bonds is 14. The van der Waals surface area contributed by atoms with Gasteiger partial charge in [-0.1, -0.05) is 70.6 Å². The topological polar surface area (TPSA) is 20.2 Å². The van der Waals surface area contributed by atoms with Crippen LogP contribution in [0.5, 0.6) is 0 Å². The van der Waals surface area contributed by atoms with E-state index >= 15 is 0 Å². The number of unbranched alkanes of at least 4 members (excludes halogenated alkanes) is 13. The lowest BCUT2D eigenvalue weighted by Crippen LogP contribution is -1.85. The summed E-state index contributed by atoms with van der Waals surface area (Å²) in [4.78, 5) is 0. The molecular weight excluding hydrogens is 232 g/mol. The fourth-order valence-corrected chi connectivity index (χ4v) is 2.39. The van der Waals surface area contributed by atoms with Gasteiger partial charge < -0.3 is 5.11 Å². The first-order valence-corrected chi connectivity index (χ1v) is 8.42. The van der Waals surface area contributed by atoms with Crippen LogP contribution >= 0.6 is 0 Å². The second-order valence-electron chi connectivity index (χ2n) is 5.50. The van der Waals surface area contributed by atoms with Crippen LogP contribution in [0.15, 0.2) is 0 Å². The average Bonchev–Trinajstić information content (AvgIpc) is 2.43. The van der Waals surface area contributed by atoms with Gasteiger partial charge in [-0.3, -0.25) is 0 Å². The Kier molecular flexibility index (Phi) is 17.1. The molecule has 1 N–H and O–H groups in total. The van der Waals surface area contributed by atoms with Crippen LogP contribution < -0.4 is 0 Å². The Labute approximate surface area is 121 Å². The maximum Gasteiger partial charge on any atom is 0.0431 e. The lowest BCUT2D eigenvalue weighted by Gasteiger charge is -2.02. The molecule has 0 aromatic rings. The summed E-state index contributed by atoms with van der Waals surface area (Å²) in [6.45, 7) is 2.29. The highest BCUT2D eigenvalue weighted by molar-refractivity contribution is 4.94. The van der Waals surface area contributed by atoms with Crippen molar-refractivity contribution in [3.63, 3.8) is 0 Å². The van der Waals surface area contributed by atoms with Gasteiger partial charge in [0.2, 0.25) is 0 Å². The number of aliphatic hydroxyl groups is 1. The van der Waals surface area contributed by atoms with Crippen molar-refractivity contribution in [2.24, 2.45) is 0 Å². The third-order valence-corrected chi connectivity index (χ3v) is 3.64. The highest BCUT2D eigenvalue weighted by Crippen LogP contribution is 2.12. The molecule has 0 saturated carbocycles. The molecule has 0 aliphatic rings. The second-order valence-corrected chi connectivity index (χ2v) is 5.50. The number of aliphatic hydroxyl groups excluding tert-OH is 1. The highest BCUT2D eigenvalue weighted by Gasteiger charge is 1.93. The average molecular weight is 266 g/mol. The van der Waals surface area contributed by atoms with E-state index in [4.69, 9.17) is 5.11 Å². The zero-order chi connectivity index (χ0) is 14.0. The van der Waals surface area contributed by atoms with E-state index in [9.17, 15) is 0 Å². The molecule has 0 aliphatic carbocycles. The van der Waals surface area contributed by atoms with Crippen molar-refractivity contribution < 1.29 is 5.11 Å². The normalized spacial score (nSPS) is 10.2. The first kappa shape index (κ1) is 18.5. The predicted molar refractivity (Wildman–Crippen MR) is 85.2 cm³/mol. The van der Waals surface area contributed by atoms with Gasteiger partial charge in [0, 0.05) is 13.0 Å². The molecule has 0 bridgehead atoms. The van der Waals surface area contributed by atoms with E-state index in [0.717, 1.165) is 12.8 Å². The maximum atomic E-state index is 8.66. The van der Waals surface area contributed by atoms with E-state index in [-0.39, 0.29) is 0 Å². The van der Waals surface area contributed by atoms with Crippen LogP contribution in [0.3, 0.4) is 0 Å². The van der Waals surface area contributed by atoms with Crippen molar-refractivity contribution in [2.75, 3.05) is 6.61 Å². The zero-order valence-electron chi connectivity index (χ0n) is 13.1. The minimum absolute atomic E-state index is 0.366. The molecule has 0 spiro atoms. The Morgan fingerprint density at radius 1 is 0.579 bits per heavy atom. The first-order chi connectivity index (χ1) is 9.41. The van der Waals surface area contributed by atoms with E-state index in [2.05, 4.69) is 11.8 Å². The monoisotopic (exact) mass is 266 g/mol. The van der Waals surface area contributed by atoms with E-state index in [1.807, 2.05) is 6.92 Å². The molecule has 0 atom stereocenters. The molecule has 0 radical (unpaired) electrons. The van der Waals surface area contributed by atoms with Gasteiger partial charge in [0.15, 0.2) is 0 Å². The van der Waals surface area contributed by atoms with E-state index < -0.39 is 0 Å². The minimum Gasteiger partial charge on any atom is -0.396 e. The Balaban J connectivity index is 2.92. The standard InChI is InChI=1S/C18H34O/c1-2-3-4-5-6-7-8-9-10-11-12-13-14-15-16-17-18-19/h19H,4-18H2,1H3. The molecule has 0 saturated heterocycles. The van der Waals surface area contributed by atoms with Gasteiger partial charge in [0.1, 0.15) is 0 Å². The lowest BCUT2D eigenvalue weighted by atomic mass is 10.0. The van der Waals surface area contributed by atoms with Gasteiger partial charge in [-0.25, -0.2) is 0 Å². The van der Waals surface area contributed by atoms with Gasteiger partial charge in [-0.15, -0.1) is 11.8 Å². The summed E-state index contributed by atoms with van der Waals surface area (Å²) < 4.78 is 0. The van der Waals surface area contributed by atoms with Gasteiger partial charge >= 0.3 is 0 Å². The van der Waals surface area contributed by atoms with Crippen molar-refractivity contribution in [1.29, 1.82) is 0 Å². The lowest BCUT2D eigenvalue weighted by molar-refractivity contribution is 0.282. The van der Waals surface area contributed by atoms with Crippen LogP contribution in [0.4, 0.5) is 0 Å². The second kappa shape index (κ2) is 17.5. The molecular formula is C18H34O. The summed E-state index contributed by atoms with van der Waals surface area (Å²) >= 11 is 0. The molecule has 0 aromatic heterocycles. The van der Waals surface area contributed by atoms with Crippen LogP contribution in [0, 0.1) is 11.8 Å². The summed E-state index contributed by atoms with van der Waals surface area (Å²) in [6.07, 6.45) is 18.5. The molecule has 0 unspecified atom stereocenters. The Bertz CT molecular complexity index is 211. The maximum absolute atomic E-state index is 8.66. The van der Waals surface area contributed by atoms with Gasteiger partial charge in [-0.2, -0.15) is 0 Å². The molecule has 1 heteroatoms. The molecule has 19 heavy (non-hydrogen) atoms. The van der Waals surface area contributed by atoms with Gasteiger partial charge in [-0.05, 0) is 19.8 Å². The summed E-state index contributed by atoms with van der Waals surface area (Å²) in [6, 6.07) is 0. The quantitative estimate of drug-likeness (QED) is 0.327. The van der Waals surface area contributed by atoms with Crippen LogP contribution in [0.2, 0.25) is 0 Å². The number of hydrogen-bond acceptors (Lipinski definition) is 1. The molecule has 1 nitrogen and oxygen atoms in total. The predicted octanol–water partition coefficient (Wildman–Crippen LogP) is 5.46. The Hall–Kier alpha value is -0.480. The zero-order valence-corrected chi connectivity index (χ0v) is 13.1. The van der Waals surface area contributed by atoms with Crippen molar-refractivity contribution in [1.82, 2.24) is 0 Å². The molecule has 0 amide bonds. The third kappa shape index (κ3) is 17.5. The molecule has 0 rings (SSSR count). The Morgan fingerprint density at radius 2 is 0.947 bits per heavy atom. The van der Waals surface area contributed by atoms with Gasteiger partial charge in [0.05, 0.1) is 0 Å². The summed E-state index contributed by atoms with van der Waals surface area (Å²) in [5.74, 6) is 6.08. The number of hydrogen-bond donors (Lipinski definition) is 1. The minimum atomic E-state index is 0.366. The van der Waals surface area contributed by atoms with Crippen molar-refractivity contribution in [3.8, 4) is 11.8 Å². The molecule has 0 fully saturated rings. The first-order valence-electron chi connectivity index (χ1n) is 8.42. The van der Waals surface area contributed by atoms with Crippen molar-refractivity contribution >= 4 is 0 Å². The van der Waals surface area contributed by atoms with Crippen LogP contribution in [-0.4, -0.2) is 11.7 Å². The summed E-state index contributed by atoms with van der Waals surface area (Å²) in [5.41, 5.74) is 0. The van der Waals surface area contributed by atoms with Crippen LogP contribution in [0.25, 0.3) is 0 Å².